The Hall–Kier alpha value is -2.27. The average molecular weight is 244 g/mol. The summed E-state index contributed by atoms with van der Waals surface area (Å²) in [4.78, 5) is 4.28. The van der Waals surface area contributed by atoms with Gasteiger partial charge in [0.05, 0.1) is 12.0 Å². The normalized spacial score (nSPS) is 11.1. The maximum atomic E-state index is 5.80. The van der Waals surface area contributed by atoms with Crippen LogP contribution in [0.15, 0.2) is 45.4 Å². The smallest absolute Gasteiger partial charge is 0.221 e. The van der Waals surface area contributed by atoms with Crippen LogP contribution in [0.3, 0.4) is 0 Å². The molecular formula is C13H12N2O3. The summed E-state index contributed by atoms with van der Waals surface area (Å²) in [5.74, 6) is 1.28. The van der Waals surface area contributed by atoms with Gasteiger partial charge in [0.15, 0.2) is 5.58 Å². The Morgan fingerprint density at radius 3 is 2.89 bits per heavy atom. The minimum atomic E-state index is 0.287. The Bertz CT molecular complexity index is 643. The van der Waals surface area contributed by atoms with Crippen LogP contribution in [0.2, 0.25) is 0 Å². The highest BCUT2D eigenvalue weighted by Gasteiger charge is 2.08. The molecule has 0 radical (unpaired) electrons. The number of nitrogen functional groups attached to an aromatic ring is 1. The first-order valence-corrected chi connectivity index (χ1v) is 5.57. The molecule has 0 aliphatic heterocycles. The van der Waals surface area contributed by atoms with Gasteiger partial charge in [0.2, 0.25) is 5.89 Å². The lowest BCUT2D eigenvalue weighted by Gasteiger charge is -1.97. The number of fused-ring (bicyclic) bond motifs is 1. The standard InChI is InChI=1S/C13H12N2O3/c14-10-4-1-5-11-13(10)15-12(18-11)8-16-7-9-3-2-6-17-9/h1-6H,7-8,14H2. The van der Waals surface area contributed by atoms with E-state index in [0.29, 0.717) is 29.3 Å². The van der Waals surface area contributed by atoms with Gasteiger partial charge in [0, 0.05) is 0 Å². The molecule has 2 N–H and O–H groups in total. The van der Waals surface area contributed by atoms with Gasteiger partial charge >= 0.3 is 0 Å². The summed E-state index contributed by atoms with van der Waals surface area (Å²) in [6.07, 6.45) is 1.61. The van der Waals surface area contributed by atoms with Crippen LogP contribution in [-0.2, 0) is 18.0 Å². The van der Waals surface area contributed by atoms with Crippen molar-refractivity contribution < 1.29 is 13.6 Å². The molecule has 92 valence electrons. The number of oxazole rings is 1. The third-order valence-corrected chi connectivity index (χ3v) is 2.54. The van der Waals surface area contributed by atoms with E-state index < -0.39 is 0 Å². The van der Waals surface area contributed by atoms with E-state index in [4.69, 9.17) is 19.3 Å². The molecule has 18 heavy (non-hydrogen) atoms. The summed E-state index contributed by atoms with van der Waals surface area (Å²) in [6.45, 7) is 0.677. The number of benzene rings is 1. The van der Waals surface area contributed by atoms with Gasteiger partial charge in [0.1, 0.15) is 24.5 Å². The van der Waals surface area contributed by atoms with E-state index in [2.05, 4.69) is 4.98 Å². The molecule has 3 rings (SSSR count). The van der Waals surface area contributed by atoms with E-state index in [0.717, 1.165) is 5.76 Å². The van der Waals surface area contributed by atoms with Gasteiger partial charge in [-0.2, -0.15) is 0 Å². The molecule has 0 aliphatic carbocycles. The lowest BCUT2D eigenvalue weighted by molar-refractivity contribution is 0.0783. The second-order valence-electron chi connectivity index (χ2n) is 3.87. The summed E-state index contributed by atoms with van der Waals surface area (Å²) in [5.41, 5.74) is 7.75. The van der Waals surface area contributed by atoms with Crippen molar-refractivity contribution in [1.82, 2.24) is 4.98 Å². The van der Waals surface area contributed by atoms with Crippen molar-refractivity contribution in [2.45, 2.75) is 13.2 Å². The molecule has 0 bridgehead atoms. The van der Waals surface area contributed by atoms with E-state index in [1.807, 2.05) is 24.3 Å². The highest BCUT2D eigenvalue weighted by atomic mass is 16.5. The van der Waals surface area contributed by atoms with Crippen molar-refractivity contribution in [1.29, 1.82) is 0 Å². The second kappa shape index (κ2) is 4.54. The minimum absolute atomic E-state index is 0.287. The van der Waals surface area contributed by atoms with Crippen molar-refractivity contribution in [3.05, 3.63) is 48.2 Å². The highest BCUT2D eigenvalue weighted by Crippen LogP contribution is 2.21. The molecule has 0 atom stereocenters. The molecule has 3 aromatic rings. The monoisotopic (exact) mass is 244 g/mol. The molecular weight excluding hydrogens is 232 g/mol. The van der Waals surface area contributed by atoms with Crippen LogP contribution in [0.4, 0.5) is 5.69 Å². The Morgan fingerprint density at radius 2 is 2.11 bits per heavy atom. The van der Waals surface area contributed by atoms with Gasteiger partial charge < -0.3 is 19.3 Å². The molecule has 0 aliphatic rings. The van der Waals surface area contributed by atoms with Crippen LogP contribution >= 0.6 is 0 Å². The molecule has 0 saturated carbocycles. The van der Waals surface area contributed by atoms with Crippen molar-refractivity contribution in [3.63, 3.8) is 0 Å². The van der Waals surface area contributed by atoms with Crippen LogP contribution in [0.25, 0.3) is 11.1 Å². The number of rotatable bonds is 4. The molecule has 5 nitrogen and oxygen atoms in total. The van der Waals surface area contributed by atoms with Crippen LogP contribution < -0.4 is 5.73 Å². The summed E-state index contributed by atoms with van der Waals surface area (Å²) < 4.78 is 16.1. The molecule has 0 saturated heterocycles. The van der Waals surface area contributed by atoms with Crippen molar-refractivity contribution in [2.24, 2.45) is 0 Å². The van der Waals surface area contributed by atoms with Crippen molar-refractivity contribution >= 4 is 16.8 Å². The van der Waals surface area contributed by atoms with E-state index in [1.165, 1.54) is 0 Å². The van der Waals surface area contributed by atoms with Crippen LogP contribution in [0.1, 0.15) is 11.7 Å². The Morgan fingerprint density at radius 1 is 1.17 bits per heavy atom. The van der Waals surface area contributed by atoms with Crippen LogP contribution in [0.5, 0.6) is 0 Å². The summed E-state index contributed by atoms with van der Waals surface area (Å²) in [5, 5.41) is 0. The van der Waals surface area contributed by atoms with Gasteiger partial charge in [-0.25, -0.2) is 4.98 Å². The maximum absolute atomic E-state index is 5.80. The molecule has 0 unspecified atom stereocenters. The van der Waals surface area contributed by atoms with Crippen molar-refractivity contribution in [3.8, 4) is 0 Å². The van der Waals surface area contributed by atoms with E-state index in [-0.39, 0.29) is 6.61 Å². The average Bonchev–Trinajstić information content (AvgIpc) is 2.98. The summed E-state index contributed by atoms with van der Waals surface area (Å²) in [6, 6.07) is 9.12. The van der Waals surface area contributed by atoms with E-state index in [1.54, 1.807) is 12.3 Å². The fourth-order valence-electron chi connectivity index (χ4n) is 1.71. The number of hydrogen-bond acceptors (Lipinski definition) is 5. The van der Waals surface area contributed by atoms with Gasteiger partial charge in [-0.3, -0.25) is 0 Å². The molecule has 0 spiro atoms. The third-order valence-electron chi connectivity index (χ3n) is 2.54. The number of para-hydroxylation sites is 1. The van der Waals surface area contributed by atoms with Gasteiger partial charge in [-0.1, -0.05) is 6.07 Å². The number of furan rings is 1. The van der Waals surface area contributed by atoms with Crippen molar-refractivity contribution in [2.75, 3.05) is 5.73 Å². The lowest BCUT2D eigenvalue weighted by Crippen LogP contribution is -1.93. The predicted octanol–water partition coefficient (Wildman–Crippen LogP) is 2.72. The molecule has 0 fully saturated rings. The number of nitrogens with two attached hydrogens (primary N) is 1. The first kappa shape index (κ1) is 10.9. The number of aromatic nitrogens is 1. The predicted molar refractivity (Wildman–Crippen MR) is 65.6 cm³/mol. The minimum Gasteiger partial charge on any atom is -0.467 e. The molecule has 5 heteroatoms. The third kappa shape index (κ3) is 2.08. The Balaban J connectivity index is 1.69. The number of ether oxygens (including phenoxy) is 1. The second-order valence-corrected chi connectivity index (χ2v) is 3.87. The summed E-state index contributed by atoms with van der Waals surface area (Å²) in [7, 11) is 0. The maximum Gasteiger partial charge on any atom is 0.221 e. The topological polar surface area (TPSA) is 74.4 Å². The quantitative estimate of drug-likeness (QED) is 0.714. The molecule has 2 heterocycles. The molecule has 2 aromatic heterocycles. The fourth-order valence-corrected chi connectivity index (χ4v) is 1.71. The van der Waals surface area contributed by atoms with Crippen LogP contribution in [0, 0.1) is 0 Å². The number of nitrogens with zero attached hydrogens (tertiary/aromatic N) is 1. The zero-order chi connectivity index (χ0) is 12.4. The molecule has 0 amide bonds. The van der Waals surface area contributed by atoms with E-state index >= 15 is 0 Å². The molecule has 1 aromatic carbocycles. The SMILES string of the molecule is Nc1cccc2oc(COCc3ccco3)nc12. The zero-order valence-electron chi connectivity index (χ0n) is 9.63. The van der Waals surface area contributed by atoms with Gasteiger partial charge in [-0.15, -0.1) is 0 Å². The first-order valence-electron chi connectivity index (χ1n) is 5.57. The Kier molecular flexibility index (Phi) is 2.74. The van der Waals surface area contributed by atoms with Gasteiger partial charge in [0.25, 0.3) is 0 Å². The zero-order valence-corrected chi connectivity index (χ0v) is 9.63. The summed E-state index contributed by atoms with van der Waals surface area (Å²) >= 11 is 0. The van der Waals surface area contributed by atoms with Gasteiger partial charge in [-0.05, 0) is 24.3 Å². The van der Waals surface area contributed by atoms with E-state index in [9.17, 15) is 0 Å². The number of hydrogen-bond donors (Lipinski definition) is 1. The highest BCUT2D eigenvalue weighted by molar-refractivity contribution is 5.85. The largest absolute Gasteiger partial charge is 0.467 e. The van der Waals surface area contributed by atoms with Crippen LogP contribution in [-0.4, -0.2) is 4.98 Å². The lowest BCUT2D eigenvalue weighted by atomic mass is 10.3. The first-order chi connectivity index (χ1) is 8.83. The fraction of sp³-hybridized carbons (Fsp3) is 0.154. The Labute approximate surface area is 103 Å². The number of anilines is 1.